The van der Waals surface area contributed by atoms with Crippen molar-refractivity contribution in [3.63, 3.8) is 0 Å². The van der Waals surface area contributed by atoms with E-state index in [1.54, 1.807) is 24.3 Å². The number of hydrogen-bond donors (Lipinski definition) is 1. The van der Waals surface area contributed by atoms with Gasteiger partial charge in [0.1, 0.15) is 12.4 Å². The van der Waals surface area contributed by atoms with Gasteiger partial charge in [0.2, 0.25) is 20.2 Å². The molecule has 0 saturated carbocycles. The summed E-state index contributed by atoms with van der Waals surface area (Å²) in [6, 6.07) is 5.00. The number of amidine groups is 3. The Labute approximate surface area is 178 Å². The molecule has 2 heterocycles. The highest BCUT2D eigenvalue weighted by molar-refractivity contribution is 8.16. The monoisotopic (exact) mass is 448 g/mol. The minimum atomic E-state index is -3.77. The zero-order chi connectivity index (χ0) is 22.1. The summed E-state index contributed by atoms with van der Waals surface area (Å²) in [6.07, 6.45) is 3.05. The number of benzene rings is 1. The Kier molecular flexibility index (Phi) is 6.13. The number of carbonyl (C=O) groups is 1. The van der Waals surface area contributed by atoms with E-state index in [0.29, 0.717) is 23.7 Å². The van der Waals surface area contributed by atoms with Crippen molar-refractivity contribution in [2.45, 2.75) is 19.1 Å². The lowest BCUT2D eigenvalue weighted by atomic mass is 10.1. The van der Waals surface area contributed by atoms with Gasteiger partial charge in [-0.05, 0) is 37.6 Å². The molecule has 0 unspecified atom stereocenters. The number of methoxy groups -OCH3 is 1. The predicted octanol–water partition coefficient (Wildman–Crippen LogP) is 2.66. The van der Waals surface area contributed by atoms with E-state index in [1.165, 1.54) is 27.0 Å². The Morgan fingerprint density at radius 3 is 2.70 bits per heavy atom. The van der Waals surface area contributed by atoms with Crippen molar-refractivity contribution in [3.05, 3.63) is 42.0 Å². The molecule has 1 aromatic carbocycles. The Hall–Kier alpha value is -2.92. The minimum Gasteiger partial charge on any atom is -0.493 e. The molecule has 30 heavy (non-hydrogen) atoms. The molecule has 2 aliphatic rings. The van der Waals surface area contributed by atoms with E-state index in [-0.39, 0.29) is 21.7 Å². The lowest BCUT2D eigenvalue weighted by Gasteiger charge is -2.25. The summed E-state index contributed by atoms with van der Waals surface area (Å²) in [5, 5.41) is 7.48. The van der Waals surface area contributed by atoms with E-state index in [1.807, 2.05) is 0 Å². The van der Waals surface area contributed by atoms with E-state index >= 15 is 0 Å². The van der Waals surface area contributed by atoms with Gasteiger partial charge >= 0.3 is 0 Å². The second-order valence-electron chi connectivity index (χ2n) is 6.51. The van der Waals surface area contributed by atoms with Gasteiger partial charge in [-0.15, -0.1) is 0 Å². The number of ether oxygens (including phenoxy) is 2. The first kappa shape index (κ1) is 21.8. The van der Waals surface area contributed by atoms with Crippen molar-refractivity contribution >= 4 is 49.9 Å². The highest BCUT2D eigenvalue weighted by atomic mass is 32.2. The highest BCUT2D eigenvalue weighted by Crippen LogP contribution is 2.32. The summed E-state index contributed by atoms with van der Waals surface area (Å²) < 4.78 is 40.0. The molecule has 2 aliphatic heterocycles. The van der Waals surface area contributed by atoms with Crippen molar-refractivity contribution in [1.29, 1.82) is 5.41 Å². The van der Waals surface area contributed by atoms with Gasteiger partial charge in [0, 0.05) is 0 Å². The summed E-state index contributed by atoms with van der Waals surface area (Å²) in [6.45, 7) is 6.94. The average Bonchev–Trinajstić information content (AvgIpc) is 3.14. The van der Waals surface area contributed by atoms with Gasteiger partial charge in [0.25, 0.3) is 5.91 Å². The van der Waals surface area contributed by atoms with E-state index in [9.17, 15) is 13.2 Å². The minimum absolute atomic E-state index is 0.0483. The number of sulfone groups is 1. The lowest BCUT2D eigenvalue weighted by molar-refractivity contribution is -0.114. The zero-order valence-corrected chi connectivity index (χ0v) is 18.2. The summed E-state index contributed by atoms with van der Waals surface area (Å²) in [5.74, 6) is -0.0168. The summed E-state index contributed by atoms with van der Waals surface area (Å²) >= 11 is 0.761. The summed E-state index contributed by atoms with van der Waals surface area (Å²) in [4.78, 5) is 17.5. The normalized spacial score (nSPS) is 17.7. The molecule has 1 N–H and O–H groups in total. The second kappa shape index (κ2) is 8.44. The molecule has 0 spiro atoms. The van der Waals surface area contributed by atoms with Crippen LogP contribution in [-0.2, 0) is 14.6 Å². The molecule has 11 heteroatoms. The molecular formula is C19H20N4O5S2. The number of hydrogen-bond acceptors (Lipinski definition) is 8. The maximum absolute atomic E-state index is 12.6. The molecule has 0 aliphatic carbocycles. The maximum atomic E-state index is 12.6. The van der Waals surface area contributed by atoms with E-state index < -0.39 is 21.0 Å². The standard InChI is InChI=1S/C19H20N4O5S2/c1-5-8-28-14-7-6-12(10-15(14)27-4)9-13-16(20)23-18(21-17(13)24)29-22-19(23)30(25,26)11(2)3/h5-7,9-11,20H,1,8H2,2-4H3/b13-9-,20-16?. The van der Waals surface area contributed by atoms with Gasteiger partial charge in [-0.1, -0.05) is 18.7 Å². The molecule has 158 valence electrons. The van der Waals surface area contributed by atoms with Crippen LogP contribution in [0.3, 0.4) is 0 Å². The number of amides is 1. The zero-order valence-electron chi connectivity index (χ0n) is 16.6. The molecule has 0 bridgehead atoms. The van der Waals surface area contributed by atoms with Crippen LogP contribution >= 0.6 is 11.9 Å². The number of aliphatic imine (C=N–C) groups is 1. The molecule has 1 amide bonds. The molecule has 0 saturated heterocycles. The fourth-order valence-electron chi connectivity index (χ4n) is 2.60. The molecule has 9 nitrogen and oxygen atoms in total. The number of carbonyl (C=O) groups excluding carboxylic acids is 1. The van der Waals surface area contributed by atoms with E-state index in [2.05, 4.69) is 16.0 Å². The topological polar surface area (TPSA) is 121 Å². The van der Waals surface area contributed by atoms with Crippen molar-refractivity contribution in [2.24, 2.45) is 9.39 Å². The highest BCUT2D eigenvalue weighted by Gasteiger charge is 2.43. The molecule has 3 rings (SSSR count). The van der Waals surface area contributed by atoms with Crippen LogP contribution in [-0.4, -0.2) is 54.4 Å². The first-order chi connectivity index (χ1) is 14.2. The third-order valence-corrected chi connectivity index (χ3v) is 7.07. The average molecular weight is 449 g/mol. The van der Waals surface area contributed by atoms with Crippen LogP contribution in [0, 0.1) is 5.41 Å². The number of fused-ring (bicyclic) bond motifs is 1. The van der Waals surface area contributed by atoms with Crippen LogP contribution in [0.5, 0.6) is 11.5 Å². The van der Waals surface area contributed by atoms with Crippen LogP contribution in [0.4, 0.5) is 0 Å². The predicted molar refractivity (Wildman–Crippen MR) is 118 cm³/mol. The number of nitrogens with one attached hydrogen (secondary N) is 1. The maximum Gasteiger partial charge on any atom is 0.283 e. The first-order valence-electron chi connectivity index (χ1n) is 8.85. The molecular weight excluding hydrogens is 428 g/mol. The van der Waals surface area contributed by atoms with E-state index in [4.69, 9.17) is 14.9 Å². The van der Waals surface area contributed by atoms with Crippen LogP contribution in [0.15, 0.2) is 45.8 Å². The molecule has 0 fully saturated rings. The van der Waals surface area contributed by atoms with Gasteiger partial charge in [0.15, 0.2) is 11.5 Å². The number of rotatable bonds is 6. The first-order valence-corrected chi connectivity index (χ1v) is 11.2. The van der Waals surface area contributed by atoms with Gasteiger partial charge in [-0.2, -0.15) is 9.39 Å². The Balaban J connectivity index is 1.99. The van der Waals surface area contributed by atoms with Gasteiger partial charge in [-0.3, -0.25) is 10.2 Å². The van der Waals surface area contributed by atoms with Crippen molar-refractivity contribution in [2.75, 3.05) is 13.7 Å². The largest absolute Gasteiger partial charge is 0.493 e. The quantitative estimate of drug-likeness (QED) is 0.403. The van der Waals surface area contributed by atoms with Crippen LogP contribution < -0.4 is 9.47 Å². The second-order valence-corrected chi connectivity index (χ2v) is 9.64. The Morgan fingerprint density at radius 2 is 2.07 bits per heavy atom. The third-order valence-electron chi connectivity index (χ3n) is 4.22. The number of nitrogens with zero attached hydrogens (tertiary/aromatic N) is 3. The molecule has 1 aromatic rings. The molecule has 0 atom stereocenters. The smallest absolute Gasteiger partial charge is 0.283 e. The van der Waals surface area contributed by atoms with Crippen LogP contribution in [0.1, 0.15) is 19.4 Å². The fourth-order valence-corrected chi connectivity index (χ4v) is 4.67. The van der Waals surface area contributed by atoms with Crippen molar-refractivity contribution < 1.29 is 22.7 Å². The summed E-state index contributed by atoms with van der Waals surface area (Å²) in [7, 11) is -2.28. The van der Waals surface area contributed by atoms with Gasteiger partial charge in [-0.25, -0.2) is 13.3 Å². The van der Waals surface area contributed by atoms with Crippen molar-refractivity contribution in [3.8, 4) is 11.5 Å². The van der Waals surface area contributed by atoms with E-state index in [0.717, 1.165) is 16.8 Å². The molecule has 0 radical (unpaired) electrons. The van der Waals surface area contributed by atoms with Crippen LogP contribution in [0.25, 0.3) is 6.08 Å². The van der Waals surface area contributed by atoms with Crippen molar-refractivity contribution in [1.82, 2.24) is 4.90 Å². The molecule has 0 aromatic heterocycles. The van der Waals surface area contributed by atoms with Crippen LogP contribution in [0.2, 0.25) is 0 Å². The van der Waals surface area contributed by atoms with Gasteiger partial charge in [0.05, 0.1) is 29.9 Å². The van der Waals surface area contributed by atoms with Gasteiger partial charge < -0.3 is 9.47 Å². The fraction of sp³-hybridized carbons (Fsp3) is 0.263. The lowest BCUT2D eigenvalue weighted by Crippen LogP contribution is -2.46. The third kappa shape index (κ3) is 3.90. The Bertz CT molecular complexity index is 1120. The Morgan fingerprint density at radius 1 is 1.33 bits per heavy atom. The summed E-state index contributed by atoms with van der Waals surface area (Å²) in [5.41, 5.74) is 0.497. The SMILES string of the molecule is C=CCOc1ccc(/C=C2/C(=N)N3C(=NC2=O)SN=C3S(=O)(=O)C(C)C)cc1OC.